The SMILES string of the molecule is COc1cccc(C(=O)NCCNC(=O)c2nc(-c3cccs3)no2)c1. The number of benzene rings is 1. The summed E-state index contributed by atoms with van der Waals surface area (Å²) in [6, 6.07) is 10.5. The smallest absolute Gasteiger partial charge is 0.316 e. The first-order valence-corrected chi connectivity index (χ1v) is 8.63. The van der Waals surface area contributed by atoms with E-state index in [0.717, 1.165) is 4.88 Å². The molecule has 2 amide bonds. The van der Waals surface area contributed by atoms with Crippen LogP contribution in [-0.4, -0.2) is 42.2 Å². The van der Waals surface area contributed by atoms with E-state index in [1.165, 1.54) is 18.4 Å². The molecule has 0 saturated heterocycles. The normalized spacial score (nSPS) is 10.3. The lowest BCUT2D eigenvalue weighted by atomic mass is 10.2. The Morgan fingerprint density at radius 1 is 1.15 bits per heavy atom. The van der Waals surface area contributed by atoms with Gasteiger partial charge in [-0.3, -0.25) is 9.59 Å². The van der Waals surface area contributed by atoms with Crippen molar-refractivity contribution in [2.75, 3.05) is 20.2 Å². The summed E-state index contributed by atoms with van der Waals surface area (Å²) in [6.45, 7) is 0.485. The summed E-state index contributed by atoms with van der Waals surface area (Å²) in [6.07, 6.45) is 0. The van der Waals surface area contributed by atoms with Crippen molar-refractivity contribution >= 4 is 23.2 Å². The maximum Gasteiger partial charge on any atom is 0.316 e. The molecular weight excluding hydrogens is 356 g/mol. The first-order valence-electron chi connectivity index (χ1n) is 7.75. The fraction of sp³-hybridized carbons (Fsp3) is 0.176. The van der Waals surface area contributed by atoms with Crippen molar-refractivity contribution in [1.82, 2.24) is 20.8 Å². The number of hydrogen-bond acceptors (Lipinski definition) is 7. The summed E-state index contributed by atoms with van der Waals surface area (Å²) >= 11 is 1.45. The summed E-state index contributed by atoms with van der Waals surface area (Å²) in [4.78, 5) is 28.9. The van der Waals surface area contributed by atoms with Gasteiger partial charge in [0, 0.05) is 18.7 Å². The Labute approximate surface area is 153 Å². The third-order valence-corrected chi connectivity index (χ3v) is 4.26. The fourth-order valence-electron chi connectivity index (χ4n) is 2.12. The molecule has 0 atom stereocenters. The molecule has 3 aromatic rings. The van der Waals surface area contributed by atoms with E-state index in [1.54, 1.807) is 24.3 Å². The highest BCUT2D eigenvalue weighted by molar-refractivity contribution is 7.13. The lowest BCUT2D eigenvalue weighted by Gasteiger charge is -2.07. The third kappa shape index (κ3) is 4.25. The van der Waals surface area contributed by atoms with Gasteiger partial charge in [0.25, 0.3) is 5.91 Å². The number of carbonyl (C=O) groups is 2. The molecular formula is C17H16N4O4S. The zero-order valence-electron chi connectivity index (χ0n) is 13.9. The van der Waals surface area contributed by atoms with E-state index in [2.05, 4.69) is 20.8 Å². The van der Waals surface area contributed by atoms with Crippen LogP contribution in [0, 0.1) is 0 Å². The van der Waals surface area contributed by atoms with Crippen LogP contribution < -0.4 is 15.4 Å². The summed E-state index contributed by atoms with van der Waals surface area (Å²) in [5.41, 5.74) is 0.480. The number of carbonyl (C=O) groups excluding carboxylic acids is 2. The van der Waals surface area contributed by atoms with Gasteiger partial charge in [-0.05, 0) is 29.6 Å². The van der Waals surface area contributed by atoms with E-state index in [9.17, 15) is 9.59 Å². The van der Waals surface area contributed by atoms with Crippen LogP contribution in [0.5, 0.6) is 5.75 Å². The topological polar surface area (TPSA) is 106 Å². The van der Waals surface area contributed by atoms with Crippen LogP contribution in [0.1, 0.15) is 21.0 Å². The lowest BCUT2D eigenvalue weighted by Crippen LogP contribution is -2.34. The molecule has 0 aliphatic carbocycles. The number of nitrogens with one attached hydrogen (secondary N) is 2. The lowest BCUT2D eigenvalue weighted by molar-refractivity contribution is 0.0898. The molecule has 8 nitrogen and oxygen atoms in total. The summed E-state index contributed by atoms with van der Waals surface area (Å²) < 4.78 is 10.0. The molecule has 0 bridgehead atoms. The molecule has 0 unspecified atom stereocenters. The average molecular weight is 372 g/mol. The molecule has 0 radical (unpaired) electrons. The first kappa shape index (κ1) is 17.6. The van der Waals surface area contributed by atoms with E-state index in [1.807, 2.05) is 17.5 Å². The number of ether oxygens (including phenoxy) is 1. The molecule has 0 fully saturated rings. The van der Waals surface area contributed by atoms with Gasteiger partial charge in [0.05, 0.1) is 12.0 Å². The van der Waals surface area contributed by atoms with Crippen LogP contribution in [0.15, 0.2) is 46.3 Å². The van der Waals surface area contributed by atoms with Gasteiger partial charge in [0.15, 0.2) is 0 Å². The quantitative estimate of drug-likeness (QED) is 0.614. The van der Waals surface area contributed by atoms with Gasteiger partial charge in [-0.1, -0.05) is 17.3 Å². The molecule has 26 heavy (non-hydrogen) atoms. The van der Waals surface area contributed by atoms with E-state index in [4.69, 9.17) is 9.26 Å². The van der Waals surface area contributed by atoms with E-state index in [-0.39, 0.29) is 24.9 Å². The van der Waals surface area contributed by atoms with E-state index >= 15 is 0 Å². The maximum absolute atomic E-state index is 12.0. The zero-order chi connectivity index (χ0) is 18.4. The minimum absolute atomic E-state index is 0.118. The minimum atomic E-state index is -0.490. The Morgan fingerprint density at radius 3 is 2.69 bits per heavy atom. The standard InChI is InChI=1S/C17H16N4O4S/c1-24-12-5-2-4-11(10-12)15(22)18-7-8-19-16(23)17-20-14(21-25-17)13-6-3-9-26-13/h2-6,9-10H,7-8H2,1H3,(H,18,22)(H,19,23). The van der Waals surface area contributed by atoms with Gasteiger partial charge in [-0.25, -0.2) is 0 Å². The first-order chi connectivity index (χ1) is 12.7. The van der Waals surface area contributed by atoms with Crippen LogP contribution in [0.3, 0.4) is 0 Å². The number of rotatable bonds is 7. The summed E-state index contributed by atoms with van der Waals surface area (Å²) in [5, 5.41) is 11.0. The van der Waals surface area contributed by atoms with Crippen molar-refractivity contribution in [1.29, 1.82) is 0 Å². The number of hydrogen-bond donors (Lipinski definition) is 2. The number of methoxy groups -OCH3 is 1. The molecule has 0 spiro atoms. The molecule has 134 valence electrons. The Hall–Kier alpha value is -3.20. The second-order valence-electron chi connectivity index (χ2n) is 5.14. The number of thiophene rings is 1. The second kappa shape index (κ2) is 8.26. The van der Waals surface area contributed by atoms with Crippen molar-refractivity contribution in [3.63, 3.8) is 0 Å². The monoisotopic (exact) mass is 372 g/mol. The van der Waals surface area contributed by atoms with Crippen LogP contribution in [-0.2, 0) is 0 Å². The Balaban J connectivity index is 1.46. The Morgan fingerprint density at radius 2 is 1.96 bits per heavy atom. The minimum Gasteiger partial charge on any atom is -0.497 e. The highest BCUT2D eigenvalue weighted by Crippen LogP contribution is 2.21. The van der Waals surface area contributed by atoms with E-state index < -0.39 is 5.91 Å². The van der Waals surface area contributed by atoms with Crippen LogP contribution in [0.25, 0.3) is 10.7 Å². The molecule has 2 aromatic heterocycles. The molecule has 2 heterocycles. The zero-order valence-corrected chi connectivity index (χ0v) is 14.7. The predicted molar refractivity (Wildman–Crippen MR) is 95.3 cm³/mol. The van der Waals surface area contributed by atoms with Gasteiger partial charge >= 0.3 is 11.8 Å². The number of aromatic nitrogens is 2. The van der Waals surface area contributed by atoms with Gasteiger partial charge < -0.3 is 19.9 Å². The average Bonchev–Trinajstić information content (AvgIpc) is 3.36. The molecule has 0 saturated carbocycles. The van der Waals surface area contributed by atoms with Crippen molar-refractivity contribution in [3.05, 3.63) is 53.2 Å². The number of nitrogens with zero attached hydrogens (tertiary/aromatic N) is 2. The molecule has 1 aromatic carbocycles. The summed E-state index contributed by atoms with van der Waals surface area (Å²) in [7, 11) is 1.54. The molecule has 2 N–H and O–H groups in total. The molecule has 3 rings (SSSR count). The molecule has 0 aliphatic heterocycles. The van der Waals surface area contributed by atoms with Crippen molar-refractivity contribution in [3.8, 4) is 16.5 Å². The number of amides is 2. The van der Waals surface area contributed by atoms with Gasteiger partial charge in [0.2, 0.25) is 5.82 Å². The highest BCUT2D eigenvalue weighted by Gasteiger charge is 2.16. The molecule has 0 aliphatic rings. The van der Waals surface area contributed by atoms with Crippen LogP contribution >= 0.6 is 11.3 Å². The Bertz CT molecular complexity index is 892. The maximum atomic E-state index is 12.0. The van der Waals surface area contributed by atoms with Gasteiger partial charge in [0.1, 0.15) is 5.75 Å². The fourth-order valence-corrected chi connectivity index (χ4v) is 2.76. The van der Waals surface area contributed by atoms with Gasteiger partial charge in [-0.15, -0.1) is 11.3 Å². The van der Waals surface area contributed by atoms with Crippen LogP contribution in [0.4, 0.5) is 0 Å². The van der Waals surface area contributed by atoms with Crippen molar-refractivity contribution < 1.29 is 18.8 Å². The Kier molecular flexibility index (Phi) is 5.59. The highest BCUT2D eigenvalue weighted by atomic mass is 32.1. The van der Waals surface area contributed by atoms with Crippen molar-refractivity contribution in [2.45, 2.75) is 0 Å². The van der Waals surface area contributed by atoms with Crippen LogP contribution in [0.2, 0.25) is 0 Å². The van der Waals surface area contributed by atoms with Crippen molar-refractivity contribution in [2.24, 2.45) is 0 Å². The molecule has 9 heteroatoms. The largest absolute Gasteiger partial charge is 0.497 e. The second-order valence-corrected chi connectivity index (χ2v) is 6.09. The van der Waals surface area contributed by atoms with E-state index in [0.29, 0.717) is 17.1 Å². The third-order valence-electron chi connectivity index (χ3n) is 3.39. The predicted octanol–water partition coefficient (Wildman–Crippen LogP) is 1.97. The van der Waals surface area contributed by atoms with Gasteiger partial charge in [-0.2, -0.15) is 4.98 Å². The summed E-state index contributed by atoms with van der Waals surface area (Å²) in [5.74, 6) is 0.111.